The Morgan fingerprint density at radius 2 is 2.00 bits per heavy atom. The molecular formula is C9H11NO5. The number of aromatic hydroxyl groups is 1. The van der Waals surface area contributed by atoms with E-state index in [9.17, 15) is 9.90 Å². The highest BCUT2D eigenvalue weighted by molar-refractivity contribution is 5.98. The third-order valence-electron chi connectivity index (χ3n) is 1.89. The number of carboxylic acid groups (broad SMARTS) is 1. The minimum atomic E-state index is -1.33. The van der Waals surface area contributed by atoms with Crippen LogP contribution in [0.2, 0.25) is 0 Å². The Balaban J connectivity index is 3.51. The summed E-state index contributed by atoms with van der Waals surface area (Å²) in [5, 5.41) is 18.4. The molecule has 0 fully saturated rings. The molecule has 0 spiro atoms. The highest BCUT2D eigenvalue weighted by atomic mass is 16.5. The summed E-state index contributed by atoms with van der Waals surface area (Å²) in [7, 11) is 2.65. The third-order valence-corrected chi connectivity index (χ3v) is 1.89. The molecule has 0 saturated heterocycles. The fraction of sp³-hybridized carbons (Fsp3) is 0.222. The van der Waals surface area contributed by atoms with Crippen molar-refractivity contribution in [2.75, 3.05) is 20.0 Å². The van der Waals surface area contributed by atoms with Crippen molar-refractivity contribution < 1.29 is 24.5 Å². The van der Waals surface area contributed by atoms with Crippen molar-refractivity contribution in [1.82, 2.24) is 0 Å². The number of nitrogens with two attached hydrogens (primary N) is 1. The van der Waals surface area contributed by atoms with Gasteiger partial charge in [0.15, 0.2) is 11.5 Å². The van der Waals surface area contributed by atoms with Crippen LogP contribution in [0.5, 0.6) is 17.2 Å². The maximum Gasteiger partial charge on any atom is 0.341 e. The van der Waals surface area contributed by atoms with Crippen molar-refractivity contribution in [3.8, 4) is 17.2 Å². The molecule has 0 unspecified atom stereocenters. The molecule has 0 bridgehead atoms. The Morgan fingerprint density at radius 3 is 2.40 bits per heavy atom. The first kappa shape index (κ1) is 11.0. The standard InChI is InChI=1S/C9H11NO5/c1-14-5-3-4(10)6(9(12)13)7(11)8(5)15-2/h3,11H,10H2,1-2H3,(H,12,13). The molecule has 15 heavy (non-hydrogen) atoms. The smallest absolute Gasteiger partial charge is 0.341 e. The minimum Gasteiger partial charge on any atom is -0.504 e. The number of carboxylic acids is 1. The van der Waals surface area contributed by atoms with Gasteiger partial charge in [-0.2, -0.15) is 0 Å². The Hall–Kier alpha value is -2.11. The van der Waals surface area contributed by atoms with Gasteiger partial charge in [0.05, 0.1) is 19.9 Å². The van der Waals surface area contributed by atoms with Gasteiger partial charge in [0.25, 0.3) is 0 Å². The number of rotatable bonds is 3. The van der Waals surface area contributed by atoms with E-state index in [1.165, 1.54) is 20.3 Å². The summed E-state index contributed by atoms with van der Waals surface area (Å²) in [4.78, 5) is 10.8. The molecule has 6 heteroatoms. The van der Waals surface area contributed by atoms with E-state index in [0.717, 1.165) is 0 Å². The van der Waals surface area contributed by atoms with Gasteiger partial charge in [0.1, 0.15) is 5.56 Å². The van der Waals surface area contributed by atoms with Crippen LogP contribution in [0, 0.1) is 0 Å². The van der Waals surface area contributed by atoms with Crippen molar-refractivity contribution in [2.45, 2.75) is 0 Å². The van der Waals surface area contributed by atoms with Crippen molar-refractivity contribution in [3.05, 3.63) is 11.6 Å². The van der Waals surface area contributed by atoms with Gasteiger partial charge in [-0.15, -0.1) is 0 Å². The van der Waals surface area contributed by atoms with E-state index in [0.29, 0.717) is 0 Å². The second kappa shape index (κ2) is 3.95. The van der Waals surface area contributed by atoms with Crippen LogP contribution >= 0.6 is 0 Å². The molecule has 0 amide bonds. The molecule has 4 N–H and O–H groups in total. The minimum absolute atomic E-state index is 0.0518. The lowest BCUT2D eigenvalue weighted by molar-refractivity contribution is 0.0694. The second-order valence-corrected chi connectivity index (χ2v) is 2.73. The zero-order valence-corrected chi connectivity index (χ0v) is 8.27. The number of anilines is 1. The summed E-state index contributed by atoms with van der Waals surface area (Å²) >= 11 is 0. The van der Waals surface area contributed by atoms with Crippen LogP contribution in [0.4, 0.5) is 5.69 Å². The van der Waals surface area contributed by atoms with Crippen molar-refractivity contribution in [1.29, 1.82) is 0 Å². The zero-order valence-electron chi connectivity index (χ0n) is 8.27. The maximum atomic E-state index is 10.8. The van der Waals surface area contributed by atoms with Crippen LogP contribution in [0.3, 0.4) is 0 Å². The summed E-state index contributed by atoms with van der Waals surface area (Å²) < 4.78 is 9.69. The number of hydrogen-bond donors (Lipinski definition) is 3. The van der Waals surface area contributed by atoms with Gasteiger partial charge in [-0.1, -0.05) is 0 Å². The van der Waals surface area contributed by atoms with Gasteiger partial charge in [-0.3, -0.25) is 0 Å². The third kappa shape index (κ3) is 1.74. The lowest BCUT2D eigenvalue weighted by Gasteiger charge is -2.12. The van der Waals surface area contributed by atoms with Gasteiger partial charge in [0.2, 0.25) is 5.75 Å². The normalized spacial score (nSPS) is 9.73. The van der Waals surface area contributed by atoms with Gasteiger partial charge in [0, 0.05) is 6.07 Å². The predicted molar refractivity (Wildman–Crippen MR) is 52.6 cm³/mol. The summed E-state index contributed by atoms with van der Waals surface area (Å²) in [5.41, 5.74) is 4.96. The van der Waals surface area contributed by atoms with E-state index in [-0.39, 0.29) is 17.2 Å². The number of methoxy groups -OCH3 is 2. The number of hydrogen-bond acceptors (Lipinski definition) is 5. The molecule has 82 valence electrons. The van der Waals surface area contributed by atoms with E-state index in [1.807, 2.05) is 0 Å². The zero-order chi connectivity index (χ0) is 11.6. The molecule has 0 aliphatic rings. The number of aromatic carboxylic acids is 1. The summed E-state index contributed by atoms with van der Waals surface area (Å²) in [5.74, 6) is -1.74. The molecule has 0 radical (unpaired) electrons. The largest absolute Gasteiger partial charge is 0.504 e. The van der Waals surface area contributed by atoms with Gasteiger partial charge >= 0.3 is 5.97 Å². The molecule has 6 nitrogen and oxygen atoms in total. The van der Waals surface area contributed by atoms with E-state index >= 15 is 0 Å². The molecule has 0 aliphatic carbocycles. The quantitative estimate of drug-likeness (QED) is 0.638. The molecule has 0 aromatic heterocycles. The number of nitrogen functional groups attached to an aromatic ring is 1. The molecule has 1 aromatic rings. The Kier molecular flexibility index (Phi) is 2.89. The van der Waals surface area contributed by atoms with Crippen molar-refractivity contribution in [3.63, 3.8) is 0 Å². The molecule has 0 heterocycles. The fourth-order valence-corrected chi connectivity index (χ4v) is 1.22. The van der Waals surface area contributed by atoms with E-state index < -0.39 is 17.3 Å². The van der Waals surface area contributed by atoms with Crippen LogP contribution in [-0.2, 0) is 0 Å². The lowest BCUT2D eigenvalue weighted by atomic mass is 10.1. The Bertz CT molecular complexity index is 402. The molecule has 0 atom stereocenters. The van der Waals surface area contributed by atoms with Crippen LogP contribution < -0.4 is 15.2 Å². The first-order valence-corrected chi connectivity index (χ1v) is 3.99. The van der Waals surface area contributed by atoms with Crippen molar-refractivity contribution >= 4 is 11.7 Å². The SMILES string of the molecule is COc1cc(N)c(C(=O)O)c(O)c1OC. The number of ether oxygens (including phenoxy) is 2. The summed E-state index contributed by atoms with van der Waals surface area (Å²) in [6.45, 7) is 0. The van der Waals surface area contributed by atoms with E-state index in [2.05, 4.69) is 0 Å². The van der Waals surface area contributed by atoms with Crippen LogP contribution in [0.25, 0.3) is 0 Å². The topological polar surface area (TPSA) is 102 Å². The Labute approximate surface area is 85.8 Å². The average molecular weight is 213 g/mol. The summed E-state index contributed by atoms with van der Waals surface area (Å²) in [6.07, 6.45) is 0. The second-order valence-electron chi connectivity index (χ2n) is 2.73. The molecular weight excluding hydrogens is 202 g/mol. The predicted octanol–water partition coefficient (Wildman–Crippen LogP) is 0.690. The summed E-state index contributed by atoms with van der Waals surface area (Å²) in [6, 6.07) is 1.28. The van der Waals surface area contributed by atoms with Crippen LogP contribution in [-0.4, -0.2) is 30.4 Å². The molecule has 0 aliphatic heterocycles. The van der Waals surface area contributed by atoms with E-state index in [1.54, 1.807) is 0 Å². The average Bonchev–Trinajstić information content (AvgIpc) is 2.16. The van der Waals surface area contributed by atoms with Gasteiger partial charge < -0.3 is 25.4 Å². The number of carbonyl (C=O) groups is 1. The molecule has 1 aromatic carbocycles. The highest BCUT2D eigenvalue weighted by Gasteiger charge is 2.22. The maximum absolute atomic E-state index is 10.8. The number of phenols is 1. The first-order valence-electron chi connectivity index (χ1n) is 3.99. The van der Waals surface area contributed by atoms with E-state index in [4.69, 9.17) is 20.3 Å². The number of benzene rings is 1. The first-order chi connectivity index (χ1) is 7.02. The monoisotopic (exact) mass is 213 g/mol. The van der Waals surface area contributed by atoms with Gasteiger partial charge in [-0.05, 0) is 0 Å². The van der Waals surface area contributed by atoms with Crippen LogP contribution in [0.15, 0.2) is 6.07 Å². The molecule has 0 saturated carbocycles. The fourth-order valence-electron chi connectivity index (χ4n) is 1.22. The lowest BCUT2D eigenvalue weighted by Crippen LogP contribution is -2.05. The highest BCUT2D eigenvalue weighted by Crippen LogP contribution is 2.42. The van der Waals surface area contributed by atoms with Crippen LogP contribution in [0.1, 0.15) is 10.4 Å². The van der Waals surface area contributed by atoms with Gasteiger partial charge in [-0.25, -0.2) is 4.79 Å². The molecule has 1 rings (SSSR count). The Morgan fingerprint density at radius 1 is 1.40 bits per heavy atom. The van der Waals surface area contributed by atoms with Crippen molar-refractivity contribution in [2.24, 2.45) is 0 Å².